The average Bonchev–Trinajstić information content (AvgIpc) is 3.00. The minimum Gasteiger partial charge on any atom is -0.507 e. The van der Waals surface area contributed by atoms with Crippen molar-refractivity contribution < 1.29 is 5.11 Å². The van der Waals surface area contributed by atoms with Gasteiger partial charge in [-0.1, -0.05) is 46.3 Å². The van der Waals surface area contributed by atoms with Crippen molar-refractivity contribution >= 4 is 28.0 Å². The Hall–Kier alpha value is -2.34. The molecule has 110 valence electrons. The van der Waals surface area contributed by atoms with Gasteiger partial charge in [-0.05, 0) is 23.8 Å². The molecular formula is C16H13BrN4O. The zero-order valence-corrected chi connectivity index (χ0v) is 13.2. The molecule has 0 fully saturated rings. The Morgan fingerprint density at radius 3 is 2.82 bits per heavy atom. The quantitative estimate of drug-likeness (QED) is 0.638. The molecule has 6 heteroatoms. The van der Waals surface area contributed by atoms with Crippen LogP contribution in [0.15, 0.2) is 73.4 Å². The summed E-state index contributed by atoms with van der Waals surface area (Å²) in [5, 5.41) is 26.0. The molecule has 0 bridgehead atoms. The Kier molecular flexibility index (Phi) is 4.39. The lowest BCUT2D eigenvalue weighted by molar-refractivity contribution is 0.474. The number of nitrogens with zero attached hydrogens (tertiary/aromatic N) is 4. The van der Waals surface area contributed by atoms with E-state index >= 15 is 0 Å². The fourth-order valence-corrected chi connectivity index (χ4v) is 2.48. The molecule has 0 aromatic heterocycles. The van der Waals surface area contributed by atoms with Gasteiger partial charge in [-0.2, -0.15) is 10.2 Å². The van der Waals surface area contributed by atoms with Crippen molar-refractivity contribution in [3.8, 4) is 5.75 Å². The predicted molar refractivity (Wildman–Crippen MR) is 89.5 cm³/mol. The molecule has 0 radical (unpaired) electrons. The molecule has 5 nitrogen and oxygen atoms in total. The van der Waals surface area contributed by atoms with Crippen molar-refractivity contribution in [1.29, 1.82) is 0 Å². The second-order valence-electron chi connectivity index (χ2n) is 4.81. The Bertz CT molecular complexity index is 756. The maximum atomic E-state index is 9.72. The van der Waals surface area contributed by atoms with Gasteiger partial charge in [-0.3, -0.25) is 0 Å². The van der Waals surface area contributed by atoms with E-state index in [1.807, 2.05) is 30.3 Å². The van der Waals surface area contributed by atoms with Gasteiger partial charge in [-0.25, -0.2) is 0 Å². The van der Waals surface area contributed by atoms with Crippen LogP contribution >= 0.6 is 15.9 Å². The molecule has 0 aliphatic carbocycles. The van der Waals surface area contributed by atoms with Crippen LogP contribution in [0.25, 0.3) is 0 Å². The van der Waals surface area contributed by atoms with Crippen LogP contribution in [0.2, 0.25) is 0 Å². The normalized spacial score (nSPS) is 19.3. The lowest BCUT2D eigenvalue weighted by Gasteiger charge is -2.03. The largest absolute Gasteiger partial charge is 0.507 e. The molecule has 0 spiro atoms. The molecule has 0 amide bonds. The van der Waals surface area contributed by atoms with E-state index in [1.54, 1.807) is 18.2 Å². The number of azo groups is 1. The van der Waals surface area contributed by atoms with Crippen LogP contribution in [0.4, 0.5) is 0 Å². The van der Waals surface area contributed by atoms with Crippen molar-refractivity contribution in [3.05, 3.63) is 64.1 Å². The van der Waals surface area contributed by atoms with Gasteiger partial charge >= 0.3 is 0 Å². The number of aromatic hydroxyl groups is 1. The number of halogens is 1. The fraction of sp³-hybridized carbons (Fsp3) is 0.125. The van der Waals surface area contributed by atoms with E-state index < -0.39 is 0 Å². The molecule has 1 aliphatic rings. The average molecular weight is 357 g/mol. The third-order valence-electron chi connectivity index (χ3n) is 3.23. The summed E-state index contributed by atoms with van der Waals surface area (Å²) in [4.78, 5) is 0. The number of phenols is 1. The zero-order chi connectivity index (χ0) is 15.4. The van der Waals surface area contributed by atoms with Crippen LogP contribution in [0.3, 0.4) is 0 Å². The minimum atomic E-state index is 0.00872. The second-order valence-corrected chi connectivity index (χ2v) is 5.73. The Labute approximate surface area is 136 Å². The van der Waals surface area contributed by atoms with Crippen LogP contribution in [0.5, 0.6) is 5.75 Å². The highest BCUT2D eigenvalue weighted by atomic mass is 79.9. The first-order valence-electron chi connectivity index (χ1n) is 6.76. The number of rotatable bonds is 3. The maximum absolute atomic E-state index is 9.72. The van der Waals surface area contributed by atoms with Crippen molar-refractivity contribution in [2.24, 2.45) is 20.4 Å². The first kappa shape index (κ1) is 14.6. The van der Waals surface area contributed by atoms with E-state index in [1.165, 1.54) is 6.21 Å². The molecule has 1 unspecified atom stereocenters. The van der Waals surface area contributed by atoms with Gasteiger partial charge in [0.15, 0.2) is 5.84 Å². The molecule has 2 aromatic rings. The van der Waals surface area contributed by atoms with Crippen LogP contribution in [-0.4, -0.2) is 17.2 Å². The van der Waals surface area contributed by atoms with Gasteiger partial charge in [0.2, 0.25) is 0 Å². The summed E-state index contributed by atoms with van der Waals surface area (Å²) in [7, 11) is 0. The highest BCUT2D eigenvalue weighted by molar-refractivity contribution is 9.10. The van der Waals surface area contributed by atoms with Crippen LogP contribution in [0, 0.1) is 0 Å². The summed E-state index contributed by atoms with van der Waals surface area (Å²) in [6.45, 7) is 0. The maximum Gasteiger partial charge on any atom is 0.175 e. The molecule has 0 saturated carbocycles. The molecule has 1 aliphatic heterocycles. The monoisotopic (exact) mass is 356 g/mol. The van der Waals surface area contributed by atoms with E-state index in [-0.39, 0.29) is 11.8 Å². The summed E-state index contributed by atoms with van der Waals surface area (Å²) in [6, 6.07) is 15.1. The van der Waals surface area contributed by atoms with E-state index in [9.17, 15) is 5.11 Å². The van der Waals surface area contributed by atoms with Gasteiger partial charge < -0.3 is 5.11 Å². The Morgan fingerprint density at radius 2 is 2.00 bits per heavy atom. The summed E-state index contributed by atoms with van der Waals surface area (Å²) in [5.41, 5.74) is 1.71. The Balaban J connectivity index is 1.69. The second kappa shape index (κ2) is 6.62. The molecule has 2 aromatic carbocycles. The van der Waals surface area contributed by atoms with Crippen molar-refractivity contribution in [1.82, 2.24) is 0 Å². The number of benzene rings is 2. The topological polar surface area (TPSA) is 69.7 Å². The van der Waals surface area contributed by atoms with Gasteiger partial charge in [0, 0.05) is 16.5 Å². The molecule has 3 rings (SSSR count). The van der Waals surface area contributed by atoms with E-state index in [0.717, 1.165) is 10.0 Å². The molecule has 22 heavy (non-hydrogen) atoms. The number of phenolic OH excluding ortho intramolecular Hbond substituents is 1. The van der Waals surface area contributed by atoms with E-state index in [0.29, 0.717) is 17.8 Å². The SMILES string of the molecule is Oc1ccc(Br)cc1/C=N/N=C1\CC(c2ccccc2)N=N1. The summed E-state index contributed by atoms with van der Waals surface area (Å²) in [6.07, 6.45) is 2.13. The number of amidine groups is 1. The van der Waals surface area contributed by atoms with Crippen LogP contribution in [-0.2, 0) is 0 Å². The minimum absolute atomic E-state index is 0.00872. The predicted octanol–water partition coefficient (Wildman–Crippen LogP) is 4.48. The first-order valence-corrected chi connectivity index (χ1v) is 7.56. The lowest BCUT2D eigenvalue weighted by Crippen LogP contribution is -1.95. The molecular weight excluding hydrogens is 344 g/mol. The highest BCUT2D eigenvalue weighted by Crippen LogP contribution is 2.27. The van der Waals surface area contributed by atoms with Gasteiger partial charge in [0.1, 0.15) is 11.8 Å². The van der Waals surface area contributed by atoms with E-state index in [2.05, 4.69) is 36.4 Å². The van der Waals surface area contributed by atoms with Crippen LogP contribution < -0.4 is 0 Å². The smallest absolute Gasteiger partial charge is 0.175 e. The number of hydrogen-bond acceptors (Lipinski definition) is 4. The van der Waals surface area contributed by atoms with Crippen molar-refractivity contribution in [2.75, 3.05) is 0 Å². The molecule has 1 heterocycles. The van der Waals surface area contributed by atoms with Gasteiger partial charge in [0.05, 0.1) is 6.21 Å². The highest BCUT2D eigenvalue weighted by Gasteiger charge is 2.19. The summed E-state index contributed by atoms with van der Waals surface area (Å²) < 4.78 is 0.865. The Morgan fingerprint density at radius 1 is 1.18 bits per heavy atom. The van der Waals surface area contributed by atoms with E-state index in [4.69, 9.17) is 0 Å². The standard InChI is InChI=1S/C16H13BrN4O/c17-13-6-7-15(22)12(8-13)10-18-20-16-9-14(19-21-16)11-4-2-1-3-5-11/h1-8,10,14,22H,9H2/b18-10+,20-16+. The van der Waals surface area contributed by atoms with Crippen LogP contribution in [0.1, 0.15) is 23.6 Å². The molecule has 0 saturated heterocycles. The molecule has 1 N–H and O–H groups in total. The fourth-order valence-electron chi connectivity index (χ4n) is 2.10. The van der Waals surface area contributed by atoms with Crippen molar-refractivity contribution in [2.45, 2.75) is 12.5 Å². The summed E-state index contributed by atoms with van der Waals surface area (Å²) in [5.74, 6) is 0.738. The van der Waals surface area contributed by atoms with Gasteiger partial charge in [-0.15, -0.1) is 10.2 Å². The summed E-state index contributed by atoms with van der Waals surface area (Å²) >= 11 is 3.35. The third-order valence-corrected chi connectivity index (χ3v) is 3.73. The molecule has 1 atom stereocenters. The zero-order valence-electron chi connectivity index (χ0n) is 11.6. The lowest BCUT2D eigenvalue weighted by atomic mass is 10.1. The first-order chi connectivity index (χ1) is 10.7. The van der Waals surface area contributed by atoms with Gasteiger partial charge in [0.25, 0.3) is 0 Å². The third kappa shape index (κ3) is 3.46. The van der Waals surface area contributed by atoms with Crippen molar-refractivity contribution in [3.63, 3.8) is 0 Å². The number of hydrogen-bond donors (Lipinski definition) is 1.